The summed E-state index contributed by atoms with van der Waals surface area (Å²) in [6, 6.07) is 15.2. The predicted molar refractivity (Wildman–Crippen MR) is 103 cm³/mol. The van der Waals surface area contributed by atoms with Crippen molar-refractivity contribution in [3.63, 3.8) is 0 Å². The van der Waals surface area contributed by atoms with Crippen LogP contribution < -0.4 is 10.6 Å². The van der Waals surface area contributed by atoms with Gasteiger partial charge < -0.3 is 10.6 Å². The van der Waals surface area contributed by atoms with Gasteiger partial charge in [0, 0.05) is 17.3 Å². The van der Waals surface area contributed by atoms with Gasteiger partial charge in [-0.15, -0.1) is 11.8 Å². The number of carbonyl (C=O) groups is 2. The highest BCUT2D eigenvalue weighted by Crippen LogP contribution is 2.26. The smallest absolute Gasteiger partial charge is 0.237 e. The topological polar surface area (TPSA) is 58.2 Å². The molecule has 2 aromatic carbocycles. The molecule has 1 aliphatic rings. The lowest BCUT2D eigenvalue weighted by Gasteiger charge is -2.12. The Labute approximate surface area is 156 Å². The Balaban J connectivity index is 1.47. The van der Waals surface area contributed by atoms with Gasteiger partial charge in [0.2, 0.25) is 11.8 Å². The molecule has 2 aromatic rings. The first-order valence-electron chi connectivity index (χ1n) is 8.13. The summed E-state index contributed by atoms with van der Waals surface area (Å²) in [5, 5.41) is 6.28. The molecule has 0 radical (unpaired) electrons. The number of hydrogen-bond donors (Lipinski definition) is 2. The number of para-hydroxylation sites is 1. The van der Waals surface area contributed by atoms with Crippen LogP contribution in [0.1, 0.15) is 17.5 Å². The van der Waals surface area contributed by atoms with Crippen LogP contribution in [-0.4, -0.2) is 22.8 Å². The number of nitrogens with one attached hydrogen (secondary N) is 2. The zero-order valence-corrected chi connectivity index (χ0v) is 15.2. The Kier molecular flexibility index (Phi) is 6.00. The summed E-state index contributed by atoms with van der Waals surface area (Å²) in [6.07, 6.45) is 1.57. The second-order valence-electron chi connectivity index (χ2n) is 5.89. The van der Waals surface area contributed by atoms with Gasteiger partial charge in [0.25, 0.3) is 0 Å². The lowest BCUT2D eigenvalue weighted by atomic mass is 10.1. The summed E-state index contributed by atoms with van der Waals surface area (Å²) in [5.74, 6) is 0.164. The van der Waals surface area contributed by atoms with E-state index in [0.29, 0.717) is 11.6 Å². The first kappa shape index (κ1) is 17.8. The van der Waals surface area contributed by atoms with Gasteiger partial charge in [-0.3, -0.25) is 9.59 Å². The largest absolute Gasteiger partial charge is 0.351 e. The van der Waals surface area contributed by atoms with Crippen LogP contribution in [0.3, 0.4) is 0 Å². The van der Waals surface area contributed by atoms with E-state index in [1.54, 1.807) is 12.1 Å². The Hall–Kier alpha value is -1.98. The fraction of sp³-hybridized carbons (Fsp3) is 0.263. The molecule has 2 amide bonds. The van der Waals surface area contributed by atoms with Crippen LogP contribution in [-0.2, 0) is 22.6 Å². The van der Waals surface area contributed by atoms with Gasteiger partial charge >= 0.3 is 0 Å². The number of hydrogen-bond acceptors (Lipinski definition) is 3. The monoisotopic (exact) mass is 374 g/mol. The quantitative estimate of drug-likeness (QED) is 0.840. The maximum atomic E-state index is 12.3. The SMILES string of the molecule is O=C(CSC1CCc2ccccc2NC1=O)NCc1ccc(Cl)cc1. The Bertz CT molecular complexity index is 764. The van der Waals surface area contributed by atoms with E-state index in [0.717, 1.165) is 29.7 Å². The lowest BCUT2D eigenvalue weighted by Crippen LogP contribution is -2.29. The molecule has 1 heterocycles. The second-order valence-corrected chi connectivity index (χ2v) is 7.52. The van der Waals surface area contributed by atoms with Crippen LogP contribution in [0.2, 0.25) is 5.02 Å². The molecule has 0 saturated carbocycles. The predicted octanol–water partition coefficient (Wildman–Crippen LogP) is 3.64. The van der Waals surface area contributed by atoms with Gasteiger partial charge in [-0.2, -0.15) is 0 Å². The van der Waals surface area contributed by atoms with Crippen molar-refractivity contribution in [2.24, 2.45) is 0 Å². The average molecular weight is 375 g/mol. The molecule has 3 rings (SSSR count). The highest BCUT2D eigenvalue weighted by Gasteiger charge is 2.24. The first-order valence-corrected chi connectivity index (χ1v) is 9.56. The summed E-state index contributed by atoms with van der Waals surface area (Å²) >= 11 is 7.23. The number of rotatable bonds is 5. The van der Waals surface area contributed by atoms with Crippen LogP contribution in [0.25, 0.3) is 0 Å². The van der Waals surface area contributed by atoms with Crippen molar-refractivity contribution in [2.45, 2.75) is 24.6 Å². The van der Waals surface area contributed by atoms with Gasteiger partial charge in [-0.05, 0) is 42.2 Å². The zero-order chi connectivity index (χ0) is 17.6. The first-order chi connectivity index (χ1) is 12.1. The Morgan fingerprint density at radius 1 is 1.20 bits per heavy atom. The van der Waals surface area contributed by atoms with Gasteiger partial charge in [0.1, 0.15) is 0 Å². The fourth-order valence-corrected chi connectivity index (χ4v) is 3.76. The summed E-state index contributed by atoms with van der Waals surface area (Å²) in [4.78, 5) is 24.4. The maximum absolute atomic E-state index is 12.3. The third-order valence-corrected chi connectivity index (χ3v) is 5.60. The molecule has 4 nitrogen and oxygen atoms in total. The van der Waals surface area contributed by atoms with Crippen molar-refractivity contribution in [2.75, 3.05) is 11.1 Å². The molecular formula is C19H19ClN2O2S. The van der Waals surface area contributed by atoms with E-state index in [4.69, 9.17) is 11.6 Å². The van der Waals surface area contributed by atoms with Crippen LogP contribution >= 0.6 is 23.4 Å². The van der Waals surface area contributed by atoms with Crippen molar-refractivity contribution in [1.82, 2.24) is 5.32 Å². The molecule has 1 atom stereocenters. The number of anilines is 1. The van der Waals surface area contributed by atoms with Crippen molar-refractivity contribution < 1.29 is 9.59 Å². The van der Waals surface area contributed by atoms with Crippen LogP contribution in [0.15, 0.2) is 48.5 Å². The standard InChI is InChI=1S/C19H19ClN2O2S/c20-15-8-5-13(6-9-15)11-21-18(23)12-25-17-10-7-14-3-1-2-4-16(14)22-19(17)24/h1-6,8-9,17H,7,10-12H2,(H,21,23)(H,22,24). The number of carbonyl (C=O) groups excluding carboxylic acids is 2. The van der Waals surface area contributed by atoms with Crippen LogP contribution in [0, 0.1) is 0 Å². The van der Waals surface area contributed by atoms with Crippen molar-refractivity contribution in [3.8, 4) is 0 Å². The van der Waals surface area contributed by atoms with E-state index in [1.807, 2.05) is 36.4 Å². The molecule has 0 spiro atoms. The minimum absolute atomic E-state index is 0.0274. The Morgan fingerprint density at radius 3 is 2.76 bits per heavy atom. The van der Waals surface area contributed by atoms with Crippen molar-refractivity contribution in [1.29, 1.82) is 0 Å². The molecule has 6 heteroatoms. The van der Waals surface area contributed by atoms with Gasteiger partial charge in [-0.1, -0.05) is 41.9 Å². The zero-order valence-electron chi connectivity index (χ0n) is 13.6. The minimum Gasteiger partial charge on any atom is -0.351 e. The molecule has 0 fully saturated rings. The highest BCUT2D eigenvalue weighted by molar-refractivity contribution is 8.01. The third kappa shape index (κ3) is 5.00. The van der Waals surface area contributed by atoms with Gasteiger partial charge in [0.05, 0.1) is 11.0 Å². The third-order valence-electron chi connectivity index (χ3n) is 4.06. The number of benzene rings is 2. The molecule has 1 unspecified atom stereocenters. The molecular weight excluding hydrogens is 356 g/mol. The molecule has 0 aliphatic carbocycles. The summed E-state index contributed by atoms with van der Waals surface area (Å²) in [7, 11) is 0. The van der Waals surface area contributed by atoms with E-state index in [2.05, 4.69) is 10.6 Å². The fourth-order valence-electron chi connectivity index (χ4n) is 2.68. The van der Waals surface area contributed by atoms with Gasteiger partial charge in [0.15, 0.2) is 0 Å². The molecule has 1 aliphatic heterocycles. The number of amides is 2. The van der Waals surface area contributed by atoms with E-state index in [1.165, 1.54) is 11.8 Å². The van der Waals surface area contributed by atoms with E-state index < -0.39 is 0 Å². The number of fused-ring (bicyclic) bond motifs is 1. The molecule has 130 valence electrons. The molecule has 2 N–H and O–H groups in total. The summed E-state index contributed by atoms with van der Waals surface area (Å²) in [6.45, 7) is 0.457. The minimum atomic E-state index is -0.214. The second kappa shape index (κ2) is 8.41. The maximum Gasteiger partial charge on any atom is 0.237 e. The number of aryl methyl sites for hydroxylation is 1. The van der Waals surface area contributed by atoms with E-state index in [9.17, 15) is 9.59 Å². The highest BCUT2D eigenvalue weighted by atomic mass is 35.5. The lowest BCUT2D eigenvalue weighted by molar-refractivity contribution is -0.118. The van der Waals surface area contributed by atoms with Crippen molar-refractivity contribution in [3.05, 3.63) is 64.7 Å². The number of thioether (sulfide) groups is 1. The normalized spacial score (nSPS) is 16.5. The number of halogens is 1. The Morgan fingerprint density at radius 2 is 1.96 bits per heavy atom. The molecule has 0 saturated heterocycles. The molecule has 0 bridgehead atoms. The molecule has 0 aromatic heterocycles. The van der Waals surface area contributed by atoms with Crippen molar-refractivity contribution >= 4 is 40.9 Å². The van der Waals surface area contributed by atoms with Crippen LogP contribution in [0.4, 0.5) is 5.69 Å². The molecule has 25 heavy (non-hydrogen) atoms. The summed E-state index contributed by atoms with van der Waals surface area (Å²) in [5.41, 5.74) is 3.01. The average Bonchev–Trinajstić information content (AvgIpc) is 2.78. The van der Waals surface area contributed by atoms with Crippen LogP contribution in [0.5, 0.6) is 0 Å². The summed E-state index contributed by atoms with van der Waals surface area (Å²) < 4.78 is 0. The van der Waals surface area contributed by atoms with E-state index in [-0.39, 0.29) is 22.8 Å². The van der Waals surface area contributed by atoms with E-state index >= 15 is 0 Å². The van der Waals surface area contributed by atoms with Gasteiger partial charge in [-0.25, -0.2) is 0 Å².